The van der Waals surface area contributed by atoms with Gasteiger partial charge in [0.25, 0.3) is 5.56 Å². The Kier molecular flexibility index (Phi) is 12.3. The second-order valence-corrected chi connectivity index (χ2v) is 15.8. The second-order valence-electron chi connectivity index (χ2n) is 15.8. The molecule has 0 unspecified atom stereocenters. The molecule has 4 aromatic rings. The van der Waals surface area contributed by atoms with Gasteiger partial charge in [-0.3, -0.25) is 19.2 Å². The molecule has 3 aliphatic rings. The largest absolute Gasteiger partial charge is 0.449 e. The number of carbonyl (C=O) groups excluding carboxylic acids is 4. The highest BCUT2D eigenvalue weighted by atomic mass is 16.5. The van der Waals surface area contributed by atoms with Crippen molar-refractivity contribution in [2.75, 3.05) is 18.5 Å². The van der Waals surface area contributed by atoms with E-state index in [0.717, 1.165) is 78.1 Å². The monoisotopic (exact) mass is 759 g/mol. The molecule has 0 bridgehead atoms. The maximum atomic E-state index is 14.1. The molecule has 3 aliphatic carbocycles. The number of nitrogens with zero attached hydrogens (tertiary/aromatic N) is 1. The number of pyridine rings is 1. The first-order valence-electron chi connectivity index (χ1n) is 20.3. The van der Waals surface area contributed by atoms with E-state index < -0.39 is 30.0 Å². The Hall–Kier alpha value is -5.29. The molecule has 11 nitrogen and oxygen atoms in total. The van der Waals surface area contributed by atoms with Gasteiger partial charge in [0.15, 0.2) is 5.78 Å². The average Bonchev–Trinajstić information content (AvgIpc) is 4.01. The number of ketones is 1. The molecule has 0 saturated heterocycles. The first kappa shape index (κ1) is 39.0. The van der Waals surface area contributed by atoms with Gasteiger partial charge < -0.3 is 31.0 Å². The van der Waals surface area contributed by atoms with Crippen molar-refractivity contribution in [1.29, 1.82) is 0 Å². The van der Waals surface area contributed by atoms with Crippen LogP contribution in [0.1, 0.15) is 93.2 Å². The Morgan fingerprint density at radius 1 is 0.821 bits per heavy atom. The van der Waals surface area contributed by atoms with Crippen LogP contribution in [0.15, 0.2) is 77.6 Å². The summed E-state index contributed by atoms with van der Waals surface area (Å²) in [4.78, 5) is 67.4. The van der Waals surface area contributed by atoms with E-state index in [1.807, 2.05) is 37.3 Å². The van der Waals surface area contributed by atoms with Crippen LogP contribution in [0.2, 0.25) is 0 Å². The summed E-state index contributed by atoms with van der Waals surface area (Å²) in [5, 5.41) is 9.60. The third-order valence-corrected chi connectivity index (χ3v) is 11.8. The number of Topliss-reactive ketones (excluding diaryl/α,β-unsaturated/α-hetero) is 1. The van der Waals surface area contributed by atoms with E-state index in [4.69, 9.17) is 10.5 Å². The van der Waals surface area contributed by atoms with Crippen LogP contribution in [0.5, 0.6) is 0 Å². The van der Waals surface area contributed by atoms with Crippen LogP contribution >= 0.6 is 0 Å². The lowest BCUT2D eigenvalue weighted by Crippen LogP contribution is -2.53. The zero-order chi connectivity index (χ0) is 39.2. The van der Waals surface area contributed by atoms with Crippen molar-refractivity contribution in [1.82, 2.24) is 15.2 Å². The van der Waals surface area contributed by atoms with E-state index in [0.29, 0.717) is 43.4 Å². The highest BCUT2D eigenvalue weighted by Gasteiger charge is 2.33. The van der Waals surface area contributed by atoms with Crippen LogP contribution in [0, 0.1) is 18.8 Å². The maximum Gasteiger partial charge on any atom is 0.407 e. The Morgan fingerprint density at radius 2 is 1.52 bits per heavy atom. The fraction of sp³-hybridized carbons (Fsp3) is 0.444. The Labute approximate surface area is 327 Å². The molecule has 3 aromatic carbocycles. The summed E-state index contributed by atoms with van der Waals surface area (Å²) in [6.07, 6.45) is 8.28. The maximum absolute atomic E-state index is 14.1. The van der Waals surface area contributed by atoms with Crippen molar-refractivity contribution in [2.24, 2.45) is 17.6 Å². The van der Waals surface area contributed by atoms with E-state index in [9.17, 15) is 24.0 Å². The van der Waals surface area contributed by atoms with Crippen molar-refractivity contribution >= 4 is 40.3 Å². The lowest BCUT2D eigenvalue weighted by atomic mass is 9.84. The highest BCUT2D eigenvalue weighted by molar-refractivity contribution is 6.00. The minimum atomic E-state index is -0.918. The van der Waals surface area contributed by atoms with E-state index >= 15 is 0 Å². The van der Waals surface area contributed by atoms with Crippen molar-refractivity contribution in [3.63, 3.8) is 0 Å². The number of rotatable bonds is 16. The number of amides is 3. The molecular weight excluding hydrogens is 707 g/mol. The molecular formula is C45H53N5O6. The number of unbranched alkanes of at least 4 members (excludes halogenated alkanes) is 1. The molecule has 56 heavy (non-hydrogen) atoms. The predicted octanol–water partition coefficient (Wildman–Crippen LogP) is 6.72. The first-order chi connectivity index (χ1) is 27.2. The van der Waals surface area contributed by atoms with Crippen LogP contribution in [-0.2, 0) is 25.7 Å². The average molecular weight is 760 g/mol. The fourth-order valence-electron chi connectivity index (χ4n) is 8.51. The smallest absolute Gasteiger partial charge is 0.407 e. The van der Waals surface area contributed by atoms with Gasteiger partial charge in [0.05, 0.1) is 12.1 Å². The molecule has 7 rings (SSSR count). The van der Waals surface area contributed by atoms with Gasteiger partial charge in [0.1, 0.15) is 18.7 Å². The number of aryl methyl sites for hydroxylation is 1. The number of carbonyl (C=O) groups is 4. The van der Waals surface area contributed by atoms with Gasteiger partial charge in [-0.25, -0.2) is 4.79 Å². The molecule has 2 saturated carbocycles. The number of anilines is 1. The Balaban J connectivity index is 1.06. The number of hydrogen-bond acceptors (Lipinski definition) is 7. The van der Waals surface area contributed by atoms with E-state index in [2.05, 4.69) is 40.2 Å². The number of ether oxygens (including phenoxy) is 1. The third-order valence-electron chi connectivity index (χ3n) is 11.8. The molecule has 5 N–H and O–H groups in total. The van der Waals surface area contributed by atoms with E-state index in [-0.39, 0.29) is 42.2 Å². The normalized spacial score (nSPS) is 16.4. The molecule has 2 atom stereocenters. The molecule has 0 spiro atoms. The van der Waals surface area contributed by atoms with Crippen molar-refractivity contribution in [3.05, 3.63) is 99.8 Å². The molecule has 1 heterocycles. The minimum Gasteiger partial charge on any atom is -0.449 e. The molecule has 294 valence electrons. The van der Waals surface area contributed by atoms with Gasteiger partial charge in [-0.15, -0.1) is 0 Å². The van der Waals surface area contributed by atoms with Crippen LogP contribution in [0.25, 0.3) is 22.0 Å². The number of benzene rings is 3. The van der Waals surface area contributed by atoms with Gasteiger partial charge in [-0.1, -0.05) is 86.7 Å². The number of aromatic nitrogens is 1. The number of alkyl carbamates (subject to hydrolysis) is 1. The van der Waals surface area contributed by atoms with Crippen molar-refractivity contribution in [3.8, 4) is 11.1 Å². The molecule has 1 aromatic heterocycles. The fourth-order valence-corrected chi connectivity index (χ4v) is 8.51. The van der Waals surface area contributed by atoms with Crippen molar-refractivity contribution in [2.45, 2.75) is 102 Å². The van der Waals surface area contributed by atoms with Gasteiger partial charge in [-0.05, 0) is 97.9 Å². The quantitative estimate of drug-likeness (QED) is 0.0923. The number of nitrogens with one attached hydrogen (secondary N) is 3. The lowest BCUT2D eigenvalue weighted by Gasteiger charge is -2.28. The zero-order valence-corrected chi connectivity index (χ0v) is 32.2. The standard InChI is InChI=1S/C45H53N5O6/c1-28-23-42(52)50(26-41(51)30-18-19-30)40-25-31(20-21-32(28)40)47-43(53)38(17-9-10-22-46)48-44(54)39(24-29-11-3-2-4-12-29)49-45(55)56-27-37-35-15-7-5-13-33(35)34-14-6-8-16-36(34)37/h5-8,13-16,20-21,23,25,29-30,37-39H,2-4,9-12,17-19,22,24,26-27,46H2,1H3,(H,47,53)(H,48,54)(H,49,55)/t38-,39-/m0/s1. The van der Waals surface area contributed by atoms with Crippen molar-refractivity contribution < 1.29 is 23.9 Å². The summed E-state index contributed by atoms with van der Waals surface area (Å²) >= 11 is 0. The number of nitrogens with two attached hydrogens (primary N) is 1. The zero-order valence-electron chi connectivity index (χ0n) is 32.2. The molecule has 0 radical (unpaired) electrons. The molecule has 2 fully saturated rings. The molecule has 11 heteroatoms. The highest BCUT2D eigenvalue weighted by Crippen LogP contribution is 2.44. The summed E-state index contributed by atoms with van der Waals surface area (Å²) in [5.74, 6) is -0.713. The van der Waals surface area contributed by atoms with Crippen LogP contribution in [-0.4, -0.2) is 53.5 Å². The number of fused-ring (bicyclic) bond motifs is 4. The SMILES string of the molecule is Cc1cc(=O)n(CC(=O)C2CC2)c2cc(NC(=O)[C@H](CCCCN)NC(=O)[C@H](CC3CCCCC3)NC(=O)OCC3c4ccccc4-c4ccccc43)ccc12. The Morgan fingerprint density at radius 3 is 2.20 bits per heavy atom. The van der Waals surface area contributed by atoms with E-state index in [1.54, 1.807) is 12.1 Å². The summed E-state index contributed by atoms with van der Waals surface area (Å²) in [6.45, 7) is 2.39. The van der Waals surface area contributed by atoms with Gasteiger partial charge in [0, 0.05) is 29.0 Å². The van der Waals surface area contributed by atoms with E-state index in [1.165, 1.54) is 10.6 Å². The first-order valence-corrected chi connectivity index (χ1v) is 20.3. The predicted molar refractivity (Wildman–Crippen MR) is 217 cm³/mol. The minimum absolute atomic E-state index is 0.000362. The third kappa shape index (κ3) is 9.05. The van der Waals surface area contributed by atoms with Gasteiger partial charge in [0.2, 0.25) is 11.8 Å². The summed E-state index contributed by atoms with van der Waals surface area (Å²) in [7, 11) is 0. The topological polar surface area (TPSA) is 162 Å². The summed E-state index contributed by atoms with van der Waals surface area (Å²) in [6, 6.07) is 21.3. The molecule has 3 amide bonds. The summed E-state index contributed by atoms with van der Waals surface area (Å²) < 4.78 is 7.33. The Bertz CT molecular complexity index is 2110. The van der Waals surface area contributed by atoms with Gasteiger partial charge >= 0.3 is 6.09 Å². The summed E-state index contributed by atoms with van der Waals surface area (Å²) in [5.41, 5.74) is 11.8. The van der Waals surface area contributed by atoms with Gasteiger partial charge in [-0.2, -0.15) is 0 Å². The van der Waals surface area contributed by atoms with Crippen LogP contribution in [0.3, 0.4) is 0 Å². The van der Waals surface area contributed by atoms with Crippen LogP contribution in [0.4, 0.5) is 10.5 Å². The molecule has 0 aliphatic heterocycles. The number of hydrogen-bond donors (Lipinski definition) is 4. The van der Waals surface area contributed by atoms with Crippen LogP contribution < -0.4 is 27.2 Å². The second kappa shape index (κ2) is 17.7. The lowest BCUT2D eigenvalue weighted by molar-refractivity contribution is -0.128.